The van der Waals surface area contributed by atoms with Crippen molar-refractivity contribution >= 4 is 40.3 Å². The Bertz CT molecular complexity index is 1510. The van der Waals surface area contributed by atoms with Gasteiger partial charge in [0.25, 0.3) is 0 Å². The van der Waals surface area contributed by atoms with E-state index in [4.69, 9.17) is 22.7 Å². The first-order valence-corrected chi connectivity index (χ1v) is 10.7. The fraction of sp³-hybridized carbons (Fsp3) is 0.0800. The van der Waals surface area contributed by atoms with Gasteiger partial charge in [-0.1, -0.05) is 29.8 Å². The van der Waals surface area contributed by atoms with Gasteiger partial charge < -0.3 is 31.1 Å². The first-order valence-electron chi connectivity index (χ1n) is 10.3. The molecule has 0 saturated heterocycles. The maximum atomic E-state index is 11.9. The molecule has 0 amide bonds. The monoisotopic (exact) mass is 493 g/mol. The zero-order valence-electron chi connectivity index (χ0n) is 18.0. The predicted molar refractivity (Wildman–Crippen MR) is 131 cm³/mol. The second-order valence-corrected chi connectivity index (χ2v) is 8.39. The Hall–Kier alpha value is -4.50. The zero-order chi connectivity index (χ0) is 25.4. The molecule has 8 N–H and O–H groups in total. The van der Waals surface area contributed by atoms with E-state index < -0.39 is 24.3 Å². The van der Waals surface area contributed by atoms with Crippen LogP contribution in [0.1, 0.15) is 23.5 Å². The summed E-state index contributed by atoms with van der Waals surface area (Å²) in [4.78, 5) is 26.4. The molecule has 0 spiro atoms. The van der Waals surface area contributed by atoms with Crippen LogP contribution in [0.15, 0.2) is 54.6 Å². The highest BCUT2D eigenvalue weighted by molar-refractivity contribution is 6.34. The minimum atomic E-state index is -1.40. The van der Waals surface area contributed by atoms with Crippen molar-refractivity contribution in [2.24, 2.45) is 5.73 Å². The van der Waals surface area contributed by atoms with Crippen LogP contribution in [-0.2, 0) is 9.59 Å². The number of hydrogen-bond donors (Lipinski definition) is 7. The molecule has 1 atom stereocenters. The minimum absolute atomic E-state index is 0.132. The van der Waals surface area contributed by atoms with Gasteiger partial charge in [0, 0.05) is 33.2 Å². The molecule has 35 heavy (non-hydrogen) atoms. The Balaban J connectivity index is 2.00. The average molecular weight is 494 g/mol. The molecule has 0 aliphatic carbocycles. The Morgan fingerprint density at radius 3 is 2.31 bits per heavy atom. The van der Waals surface area contributed by atoms with Crippen molar-refractivity contribution < 1.29 is 30.0 Å². The number of amidine groups is 1. The summed E-state index contributed by atoms with van der Waals surface area (Å²) in [5.41, 5.74) is 7.56. The molecule has 0 fully saturated rings. The number of hydrogen-bond acceptors (Lipinski definition) is 5. The van der Waals surface area contributed by atoms with E-state index in [0.29, 0.717) is 22.2 Å². The van der Waals surface area contributed by atoms with Gasteiger partial charge in [-0.2, -0.15) is 0 Å². The number of carbonyl (C=O) groups is 2. The van der Waals surface area contributed by atoms with E-state index in [1.54, 1.807) is 36.4 Å². The predicted octanol–water partition coefficient (Wildman–Crippen LogP) is 4.49. The normalized spacial score (nSPS) is 11.9. The number of aliphatic carboxylic acids is 2. The molecule has 0 aliphatic heterocycles. The fourth-order valence-corrected chi connectivity index (χ4v) is 4.26. The highest BCUT2D eigenvalue weighted by atomic mass is 35.5. The van der Waals surface area contributed by atoms with E-state index in [9.17, 15) is 30.0 Å². The molecule has 178 valence electrons. The van der Waals surface area contributed by atoms with E-state index in [1.807, 2.05) is 0 Å². The lowest BCUT2D eigenvalue weighted by Crippen LogP contribution is -2.16. The molecular formula is C25H20ClN3O6. The smallest absolute Gasteiger partial charge is 0.311 e. The highest BCUT2D eigenvalue weighted by Crippen LogP contribution is 2.44. The second kappa shape index (κ2) is 9.03. The van der Waals surface area contributed by atoms with Crippen LogP contribution in [0.2, 0.25) is 5.02 Å². The van der Waals surface area contributed by atoms with Crippen LogP contribution in [-0.4, -0.2) is 43.2 Å². The van der Waals surface area contributed by atoms with Crippen LogP contribution < -0.4 is 5.73 Å². The molecule has 0 saturated carbocycles. The van der Waals surface area contributed by atoms with Gasteiger partial charge in [0.2, 0.25) is 0 Å². The number of aromatic amines is 1. The summed E-state index contributed by atoms with van der Waals surface area (Å²) in [7, 11) is 0. The topological polar surface area (TPSA) is 181 Å². The second-order valence-electron chi connectivity index (χ2n) is 7.99. The molecule has 1 unspecified atom stereocenters. The Morgan fingerprint density at radius 1 is 1.00 bits per heavy atom. The summed E-state index contributed by atoms with van der Waals surface area (Å²) < 4.78 is 0. The molecule has 0 radical (unpaired) electrons. The van der Waals surface area contributed by atoms with Crippen molar-refractivity contribution in [3.63, 3.8) is 0 Å². The van der Waals surface area contributed by atoms with Gasteiger partial charge in [-0.15, -0.1) is 0 Å². The number of aromatic nitrogens is 1. The number of carboxylic acids is 2. The van der Waals surface area contributed by atoms with Crippen molar-refractivity contribution in [1.82, 2.24) is 4.98 Å². The van der Waals surface area contributed by atoms with Crippen molar-refractivity contribution in [2.45, 2.75) is 12.3 Å². The molecule has 9 nitrogen and oxygen atoms in total. The summed E-state index contributed by atoms with van der Waals surface area (Å²) in [5, 5.41) is 49.1. The lowest BCUT2D eigenvalue weighted by molar-refractivity contribution is -0.145. The molecular weight excluding hydrogens is 474 g/mol. The van der Waals surface area contributed by atoms with Gasteiger partial charge in [-0.3, -0.25) is 15.0 Å². The quantitative estimate of drug-likeness (QED) is 0.146. The first kappa shape index (κ1) is 23.7. The molecule has 1 aromatic heterocycles. The number of halogens is 1. The maximum absolute atomic E-state index is 11.9. The van der Waals surface area contributed by atoms with Gasteiger partial charge in [0.15, 0.2) is 0 Å². The third kappa shape index (κ3) is 4.49. The summed E-state index contributed by atoms with van der Waals surface area (Å²) in [6, 6.07) is 13.8. The number of H-pyrrole nitrogens is 1. The number of para-hydroxylation sites is 1. The lowest BCUT2D eigenvalue weighted by atomic mass is 9.89. The Kier molecular flexibility index (Phi) is 6.10. The Labute approximate surface area is 203 Å². The van der Waals surface area contributed by atoms with Gasteiger partial charge in [0.1, 0.15) is 17.3 Å². The first-order chi connectivity index (χ1) is 16.6. The molecule has 4 rings (SSSR count). The minimum Gasteiger partial charge on any atom is -0.507 e. The van der Waals surface area contributed by atoms with Crippen molar-refractivity contribution in [3.05, 3.63) is 70.7 Å². The van der Waals surface area contributed by atoms with Crippen LogP contribution >= 0.6 is 11.6 Å². The molecule has 3 aromatic carbocycles. The SMILES string of the molecule is N=C(N)c1cc2cc(-c3cc(C(CC(=O)O)C(=O)O)cc(-c4ccccc4O)c3O)[nH]c2cc1Cl. The van der Waals surface area contributed by atoms with Gasteiger partial charge in [0.05, 0.1) is 23.1 Å². The highest BCUT2D eigenvalue weighted by Gasteiger charge is 2.27. The number of nitrogen functional groups attached to an aromatic ring is 1. The van der Waals surface area contributed by atoms with Gasteiger partial charge in [-0.05, 0) is 42.0 Å². The third-order valence-electron chi connectivity index (χ3n) is 5.69. The number of aromatic hydroxyl groups is 2. The van der Waals surface area contributed by atoms with Crippen LogP contribution in [0.3, 0.4) is 0 Å². The molecule has 0 bridgehead atoms. The van der Waals surface area contributed by atoms with Crippen LogP contribution in [0.25, 0.3) is 33.3 Å². The van der Waals surface area contributed by atoms with Gasteiger partial charge in [-0.25, -0.2) is 0 Å². The van der Waals surface area contributed by atoms with E-state index in [-0.39, 0.29) is 44.6 Å². The van der Waals surface area contributed by atoms with E-state index >= 15 is 0 Å². The van der Waals surface area contributed by atoms with Crippen LogP contribution in [0.4, 0.5) is 0 Å². The number of phenolic OH excluding ortho intramolecular Hbond substituents is 2. The number of benzene rings is 3. The number of fused-ring (bicyclic) bond motifs is 1. The zero-order valence-corrected chi connectivity index (χ0v) is 18.8. The number of nitrogens with two attached hydrogens (primary N) is 1. The number of phenols is 2. The fourth-order valence-electron chi connectivity index (χ4n) is 4.00. The molecule has 10 heteroatoms. The number of rotatable bonds is 7. The summed E-state index contributed by atoms with van der Waals surface area (Å²) in [6.45, 7) is 0. The summed E-state index contributed by atoms with van der Waals surface area (Å²) in [6.07, 6.45) is -0.677. The summed E-state index contributed by atoms with van der Waals surface area (Å²) in [5.74, 6) is -4.66. The standard InChI is InChI=1S/C25H20ClN3O6/c26-18-10-19-12(7-16(18)24(27)28)8-20(29-19)17-6-11(14(25(34)35)9-22(31)32)5-15(23(17)33)13-3-1-2-4-21(13)30/h1-8,10,14,29-30,33H,9H2,(H3,27,28)(H,31,32)(H,34,35). The molecule has 4 aromatic rings. The number of nitrogens with one attached hydrogen (secondary N) is 2. The third-order valence-corrected chi connectivity index (χ3v) is 6.01. The van der Waals surface area contributed by atoms with E-state index in [2.05, 4.69) is 4.98 Å². The van der Waals surface area contributed by atoms with Crippen LogP contribution in [0.5, 0.6) is 11.5 Å². The van der Waals surface area contributed by atoms with Crippen molar-refractivity contribution in [1.29, 1.82) is 5.41 Å². The van der Waals surface area contributed by atoms with Crippen molar-refractivity contribution in [2.75, 3.05) is 0 Å². The molecule has 1 heterocycles. The maximum Gasteiger partial charge on any atom is 0.311 e. The summed E-state index contributed by atoms with van der Waals surface area (Å²) >= 11 is 6.22. The molecule has 0 aliphatic rings. The van der Waals surface area contributed by atoms with E-state index in [0.717, 1.165) is 0 Å². The Morgan fingerprint density at radius 2 is 1.69 bits per heavy atom. The largest absolute Gasteiger partial charge is 0.507 e. The van der Waals surface area contributed by atoms with E-state index in [1.165, 1.54) is 18.2 Å². The number of carboxylic acid groups (broad SMARTS) is 2. The van der Waals surface area contributed by atoms with Crippen LogP contribution in [0, 0.1) is 5.41 Å². The van der Waals surface area contributed by atoms with Crippen molar-refractivity contribution in [3.8, 4) is 33.9 Å². The van der Waals surface area contributed by atoms with Gasteiger partial charge >= 0.3 is 11.9 Å². The average Bonchev–Trinajstić information content (AvgIpc) is 3.20. The lowest BCUT2D eigenvalue weighted by Gasteiger charge is -2.17.